The second-order valence-electron chi connectivity index (χ2n) is 26.2. The number of hydrogen-bond acceptors (Lipinski definition) is 18. The normalized spacial score (nSPS) is 14.2. The average molecular weight is 1570 g/mol. The van der Waals surface area contributed by atoms with Crippen molar-refractivity contribution in [3.63, 3.8) is 0 Å². The summed E-state index contributed by atoms with van der Waals surface area (Å²) in [5.41, 5.74) is 20.3. The number of primary amides is 1. The molecule has 0 aliphatic heterocycles. The number of carboxylic acids is 1. The number of carbonyl (C=O) groups excluding carboxylic acids is 7. The van der Waals surface area contributed by atoms with E-state index in [4.69, 9.17) is 59.4 Å². The number of guanidine groups is 2. The Morgan fingerprint density at radius 1 is 0.491 bits per heavy atom. The van der Waals surface area contributed by atoms with E-state index in [1.165, 1.54) is 38.1 Å². The number of alkyl carbamates (subject to hydrolysis) is 1. The number of amides is 7. The summed E-state index contributed by atoms with van der Waals surface area (Å²) in [5, 5.41) is 26.8. The fraction of sp³-hybridized carbons (Fsp3) is 0.378. The number of nitrogens with zero attached hydrogens (tertiary/aromatic N) is 2. The van der Waals surface area contributed by atoms with Gasteiger partial charge in [-0.2, -0.15) is 0 Å². The lowest BCUT2D eigenvalue weighted by molar-refractivity contribution is -0.143. The van der Waals surface area contributed by atoms with Crippen LogP contribution in [0.1, 0.15) is 107 Å². The molecule has 0 saturated heterocycles. The van der Waals surface area contributed by atoms with Crippen LogP contribution in [0.2, 0.25) is 10.0 Å². The SMILES string of the molecule is Cc1ccc(S(=O)(=O)NC(N)=NCCC[C@H](NC(=O)[C@@H](NC(=O)[C@H](Cc2ccc(OCc3c(Cl)cccc3Cl)cc2)NC(=O)[C@@H](NC(=O)[C@H](CCC(N)=O)NC(=O)[C@H](CCCN=C(N)NS(=O)(=O)c2ccc(C)cc2)NC(=O)OC(C)(C)C)[C@@H](C)OCc2ccccc2)[C@@H](C)OCc2ccccc2)C(=O)O)cc1. The van der Waals surface area contributed by atoms with Gasteiger partial charge in [0.2, 0.25) is 47.4 Å². The van der Waals surface area contributed by atoms with Crippen LogP contribution in [0, 0.1) is 13.8 Å². The van der Waals surface area contributed by atoms with Gasteiger partial charge in [-0.3, -0.25) is 38.8 Å². The number of carboxylic acid groups (broad SMARTS) is 1. The predicted octanol–water partition coefficient (Wildman–Crippen LogP) is 5.76. The monoisotopic (exact) mass is 1570 g/mol. The maximum absolute atomic E-state index is 15.4. The number of rotatable bonds is 40. The zero-order valence-electron chi connectivity index (χ0n) is 60.7. The first kappa shape index (κ1) is 86.5. The number of aryl methyl sites for hydroxylation is 2. The van der Waals surface area contributed by atoms with Crippen LogP contribution in [0.4, 0.5) is 4.79 Å². The molecule has 0 bridgehead atoms. The third kappa shape index (κ3) is 29.4. The molecule has 0 heterocycles. The van der Waals surface area contributed by atoms with E-state index in [-0.39, 0.29) is 74.8 Å². The van der Waals surface area contributed by atoms with Crippen molar-refractivity contribution in [2.45, 2.75) is 177 Å². The molecule has 0 spiro atoms. The van der Waals surface area contributed by atoms with E-state index >= 15 is 9.59 Å². The van der Waals surface area contributed by atoms with Crippen molar-refractivity contribution in [3.05, 3.63) is 195 Å². The number of aliphatic carboxylic acids is 1. The minimum Gasteiger partial charge on any atom is -0.489 e. The van der Waals surface area contributed by atoms with Crippen molar-refractivity contribution < 1.29 is 79.2 Å². The van der Waals surface area contributed by atoms with Crippen LogP contribution in [0.5, 0.6) is 5.75 Å². The number of benzene rings is 6. The molecular weight excluding hydrogens is 1480 g/mol. The summed E-state index contributed by atoms with van der Waals surface area (Å²) < 4.78 is 80.3. The Bertz CT molecular complexity index is 4310. The lowest BCUT2D eigenvalue weighted by atomic mass is 10.0. The molecule has 6 rings (SSSR count). The van der Waals surface area contributed by atoms with Gasteiger partial charge in [0, 0.05) is 41.5 Å². The quantitative estimate of drug-likeness (QED) is 0.0124. The summed E-state index contributed by atoms with van der Waals surface area (Å²) in [5.74, 6) is -8.25. The van der Waals surface area contributed by atoms with Crippen LogP contribution in [-0.4, -0.2) is 149 Å². The summed E-state index contributed by atoms with van der Waals surface area (Å²) in [7, 11) is -8.27. The summed E-state index contributed by atoms with van der Waals surface area (Å²) >= 11 is 12.9. The maximum atomic E-state index is 15.4. The Labute approximate surface area is 637 Å². The lowest BCUT2D eigenvalue weighted by Gasteiger charge is -2.31. The number of nitrogens with two attached hydrogens (primary N) is 3. The van der Waals surface area contributed by atoms with E-state index in [1.807, 2.05) is 0 Å². The van der Waals surface area contributed by atoms with Crippen molar-refractivity contribution in [1.29, 1.82) is 0 Å². The van der Waals surface area contributed by atoms with Crippen LogP contribution < -0.4 is 63.3 Å². The average Bonchev–Trinajstić information content (AvgIpc) is 0.835. The Morgan fingerprint density at radius 3 is 1.35 bits per heavy atom. The highest BCUT2D eigenvalue weighted by atomic mass is 35.5. The molecule has 0 aliphatic carbocycles. The molecule has 6 aromatic rings. The Balaban J connectivity index is 1.32. The number of ether oxygens (including phenoxy) is 4. The van der Waals surface area contributed by atoms with Gasteiger partial charge in [-0.25, -0.2) is 35.9 Å². The molecule has 0 aliphatic rings. The molecule has 0 saturated carbocycles. The van der Waals surface area contributed by atoms with Gasteiger partial charge >= 0.3 is 12.1 Å². The van der Waals surface area contributed by atoms with Crippen molar-refractivity contribution in [2.24, 2.45) is 27.2 Å². The first-order valence-electron chi connectivity index (χ1n) is 34.3. The van der Waals surface area contributed by atoms with Crippen LogP contribution in [0.15, 0.2) is 171 Å². The number of halogens is 2. The highest BCUT2D eigenvalue weighted by molar-refractivity contribution is 7.90. The molecule has 582 valence electrons. The maximum Gasteiger partial charge on any atom is 0.408 e. The third-order valence-corrected chi connectivity index (χ3v) is 19.6. The van der Waals surface area contributed by atoms with Gasteiger partial charge in [-0.05, 0) is 146 Å². The summed E-state index contributed by atoms with van der Waals surface area (Å²) in [6.45, 7) is 10.5. The topological polar surface area (TPSA) is 461 Å². The zero-order chi connectivity index (χ0) is 79.3. The van der Waals surface area contributed by atoms with E-state index in [9.17, 15) is 50.7 Å². The lowest BCUT2D eigenvalue weighted by Crippen LogP contribution is -2.63. The number of carbonyl (C=O) groups is 8. The molecule has 0 aromatic heterocycles. The molecular formula is C74H93Cl2N13O17S2. The van der Waals surface area contributed by atoms with E-state index in [2.05, 4.69) is 51.3 Å². The number of nitrogens with one attached hydrogen (secondary N) is 8. The molecule has 0 fully saturated rings. The molecule has 34 heteroatoms. The Hall–Kier alpha value is -10.4. The van der Waals surface area contributed by atoms with E-state index in [0.29, 0.717) is 38.0 Å². The fourth-order valence-electron chi connectivity index (χ4n) is 10.3. The molecule has 6 aromatic carbocycles. The smallest absolute Gasteiger partial charge is 0.408 e. The minimum absolute atomic E-state index is 0.0315. The predicted molar refractivity (Wildman–Crippen MR) is 406 cm³/mol. The second-order valence-corrected chi connectivity index (χ2v) is 30.4. The van der Waals surface area contributed by atoms with Crippen molar-refractivity contribution in [3.8, 4) is 5.75 Å². The minimum atomic E-state index is -4.14. The number of hydrogen-bond donors (Lipinski definition) is 12. The molecule has 0 unspecified atom stereocenters. The molecule has 15 N–H and O–H groups in total. The van der Waals surface area contributed by atoms with E-state index in [0.717, 1.165) is 11.1 Å². The summed E-state index contributed by atoms with van der Waals surface area (Å²) in [6, 6.07) is 30.6. The van der Waals surface area contributed by atoms with Crippen molar-refractivity contribution in [1.82, 2.24) is 41.3 Å². The molecule has 108 heavy (non-hydrogen) atoms. The van der Waals surface area contributed by atoms with Crippen LogP contribution >= 0.6 is 23.2 Å². The van der Waals surface area contributed by atoms with Gasteiger partial charge in [0.25, 0.3) is 20.0 Å². The van der Waals surface area contributed by atoms with E-state index in [1.54, 1.807) is 162 Å². The summed E-state index contributed by atoms with van der Waals surface area (Å²) in [4.78, 5) is 122. The summed E-state index contributed by atoms with van der Waals surface area (Å²) in [6.07, 6.45) is -5.52. The molecule has 30 nitrogen and oxygen atoms in total. The highest BCUT2D eigenvalue weighted by Crippen LogP contribution is 2.27. The first-order valence-corrected chi connectivity index (χ1v) is 38.1. The van der Waals surface area contributed by atoms with E-state index < -0.39 is 146 Å². The van der Waals surface area contributed by atoms with Gasteiger partial charge in [0.15, 0.2) is 0 Å². The third-order valence-electron chi connectivity index (χ3n) is 16.2. The Morgan fingerprint density at radius 2 is 0.907 bits per heavy atom. The van der Waals surface area contributed by atoms with Crippen molar-refractivity contribution in [2.75, 3.05) is 13.1 Å². The van der Waals surface area contributed by atoms with Gasteiger partial charge in [-0.15, -0.1) is 0 Å². The first-order chi connectivity index (χ1) is 51.1. The highest BCUT2D eigenvalue weighted by Gasteiger charge is 2.38. The molecule has 0 radical (unpaired) electrons. The van der Waals surface area contributed by atoms with Crippen LogP contribution in [0.25, 0.3) is 0 Å². The Kier molecular flexibility index (Phi) is 33.4. The largest absolute Gasteiger partial charge is 0.489 e. The van der Waals surface area contributed by atoms with Gasteiger partial charge in [0.1, 0.15) is 54.2 Å². The fourth-order valence-corrected chi connectivity index (χ4v) is 12.7. The van der Waals surface area contributed by atoms with Gasteiger partial charge < -0.3 is 73.2 Å². The number of sulfonamides is 2. The van der Waals surface area contributed by atoms with Gasteiger partial charge in [-0.1, -0.05) is 137 Å². The van der Waals surface area contributed by atoms with Crippen molar-refractivity contribution >= 4 is 103 Å². The van der Waals surface area contributed by atoms with Crippen LogP contribution in [0.3, 0.4) is 0 Å². The number of aliphatic imine (C=N–C) groups is 2. The molecule has 7 amide bonds. The van der Waals surface area contributed by atoms with Gasteiger partial charge in [0.05, 0.1) is 35.2 Å². The second kappa shape index (κ2) is 41.7. The molecule has 8 atom stereocenters. The van der Waals surface area contributed by atoms with Crippen LogP contribution in [-0.2, 0) is 94.1 Å². The standard InChI is InChI=1S/C74H93Cl2N13O17S2/c1-45-25-33-53(34-26-45)107(99,100)88-71(78)80-39-15-23-58(85-73(98)106-74(5,6)7)65(91)82-59(37-38-62(77)90)66(92)86-64(48(4)104-43-51-19-12-9-13-20-51)69(95)84-61(41-49-29-31-52(32-30-49)105-44-55-56(75)21-14-22-57(55)76)67(93)87-63(47(3)103-42-50-17-10-8-11-18-50)68(94)83-60(70(96)97)24-16-40-81-72(79)89-108(101,102)54-35-27-46(2)28-36-54/h8-14,17-22,25-36,47-48,58-61,63-64H,15-16,23-24,37-44H2,1-7H3,(H2,77,90)(H,82,91)(H,83,94)(H,84,95)(H,85,98)(H,86,92)(H,87,93)(H,96,97)(H3,78,80,88)(H3,79,81,89)/t47-,48-,58+,59+,60+,61+,63+,64+/m1/s1. The zero-order valence-corrected chi connectivity index (χ0v) is 63.9.